The van der Waals surface area contributed by atoms with Gasteiger partial charge in [0.2, 0.25) is 0 Å². The number of aliphatic imine (C=N–C) groups is 1. The van der Waals surface area contributed by atoms with Gasteiger partial charge in [-0.1, -0.05) is 0 Å². The fourth-order valence-corrected chi connectivity index (χ4v) is 3.15. The minimum atomic E-state index is -0.108. The molecule has 18 heavy (non-hydrogen) atoms. The van der Waals surface area contributed by atoms with Crippen molar-refractivity contribution >= 4 is 28.9 Å². The summed E-state index contributed by atoms with van der Waals surface area (Å²) in [5, 5.41) is 0.873. The van der Waals surface area contributed by atoms with Gasteiger partial charge in [-0.05, 0) is 42.8 Å². The van der Waals surface area contributed by atoms with Gasteiger partial charge in [0.25, 0.3) is 5.91 Å². The highest BCUT2D eigenvalue weighted by Gasteiger charge is 2.27. The highest BCUT2D eigenvalue weighted by Crippen LogP contribution is 2.31. The normalized spacial score (nSPS) is 22.1. The standard InChI is InChI=1S/C13H15N3OS/c1-15-6-4-5-10(15)9-11-12(17)14-13(18-11)16-7-2-3-8-16/h4-6,9H,2-3,7-8H2,1H3. The number of rotatable bonds is 1. The first kappa shape index (κ1) is 11.6. The molecule has 4 nitrogen and oxygen atoms in total. The molecule has 3 rings (SSSR count). The van der Waals surface area contributed by atoms with Crippen LogP contribution in [0.2, 0.25) is 0 Å². The minimum absolute atomic E-state index is 0.108. The van der Waals surface area contributed by atoms with E-state index in [1.165, 1.54) is 24.6 Å². The summed E-state index contributed by atoms with van der Waals surface area (Å²) < 4.78 is 1.99. The predicted molar refractivity (Wildman–Crippen MR) is 74.2 cm³/mol. The van der Waals surface area contributed by atoms with Gasteiger partial charge in [-0.2, -0.15) is 4.99 Å². The fourth-order valence-electron chi connectivity index (χ4n) is 2.20. The maximum absolute atomic E-state index is 11.9. The number of nitrogens with zero attached hydrogens (tertiary/aromatic N) is 3. The topological polar surface area (TPSA) is 37.6 Å². The molecule has 0 unspecified atom stereocenters. The van der Waals surface area contributed by atoms with Gasteiger partial charge >= 0.3 is 0 Å². The zero-order valence-electron chi connectivity index (χ0n) is 10.3. The average molecular weight is 261 g/mol. The Morgan fingerprint density at radius 3 is 2.83 bits per heavy atom. The van der Waals surface area contributed by atoms with E-state index in [0.717, 1.165) is 28.9 Å². The van der Waals surface area contributed by atoms with Crippen molar-refractivity contribution in [3.63, 3.8) is 0 Å². The molecule has 1 saturated heterocycles. The second-order valence-electron chi connectivity index (χ2n) is 4.55. The van der Waals surface area contributed by atoms with E-state index in [2.05, 4.69) is 9.89 Å². The first-order valence-corrected chi connectivity index (χ1v) is 6.94. The molecule has 2 aliphatic rings. The number of amides is 1. The first-order chi connectivity index (χ1) is 8.74. The highest BCUT2D eigenvalue weighted by molar-refractivity contribution is 8.18. The van der Waals surface area contributed by atoms with Crippen LogP contribution in [0.3, 0.4) is 0 Å². The average Bonchev–Trinajstić information content (AvgIpc) is 3.03. The molecule has 1 aromatic heterocycles. The van der Waals surface area contributed by atoms with Crippen LogP contribution in [0.15, 0.2) is 28.2 Å². The van der Waals surface area contributed by atoms with Gasteiger partial charge in [-0.15, -0.1) is 0 Å². The zero-order valence-corrected chi connectivity index (χ0v) is 11.1. The summed E-state index contributed by atoms with van der Waals surface area (Å²) in [7, 11) is 1.97. The van der Waals surface area contributed by atoms with E-state index in [4.69, 9.17) is 0 Å². The number of aryl methyl sites for hydroxylation is 1. The van der Waals surface area contributed by atoms with Crippen molar-refractivity contribution in [2.45, 2.75) is 12.8 Å². The quantitative estimate of drug-likeness (QED) is 0.726. The Hall–Kier alpha value is -1.49. The maximum atomic E-state index is 11.9. The lowest BCUT2D eigenvalue weighted by atomic mass is 10.3. The molecule has 0 atom stereocenters. The lowest BCUT2D eigenvalue weighted by molar-refractivity contribution is -0.113. The third kappa shape index (κ3) is 2.10. The van der Waals surface area contributed by atoms with Crippen molar-refractivity contribution in [1.29, 1.82) is 0 Å². The molecule has 94 valence electrons. The summed E-state index contributed by atoms with van der Waals surface area (Å²) in [5.74, 6) is -0.108. The number of carbonyl (C=O) groups excluding carboxylic acids is 1. The van der Waals surface area contributed by atoms with Crippen molar-refractivity contribution in [2.75, 3.05) is 13.1 Å². The summed E-state index contributed by atoms with van der Waals surface area (Å²) in [6.07, 6.45) is 6.29. The molecule has 0 aliphatic carbocycles. The molecule has 0 N–H and O–H groups in total. The number of likely N-dealkylation sites (tertiary alicyclic amines) is 1. The Morgan fingerprint density at radius 1 is 1.39 bits per heavy atom. The lowest BCUT2D eigenvalue weighted by Crippen LogP contribution is -2.23. The number of aromatic nitrogens is 1. The summed E-state index contributed by atoms with van der Waals surface area (Å²) in [6, 6.07) is 3.97. The minimum Gasteiger partial charge on any atom is -0.351 e. The van der Waals surface area contributed by atoms with Gasteiger partial charge in [0.05, 0.1) is 4.91 Å². The van der Waals surface area contributed by atoms with Crippen LogP contribution in [0.1, 0.15) is 18.5 Å². The Labute approximate surface area is 110 Å². The van der Waals surface area contributed by atoms with Crippen molar-refractivity contribution < 1.29 is 4.79 Å². The lowest BCUT2D eigenvalue weighted by Gasteiger charge is -2.14. The number of carbonyl (C=O) groups is 1. The number of amidine groups is 1. The first-order valence-electron chi connectivity index (χ1n) is 6.13. The Balaban J connectivity index is 1.79. The van der Waals surface area contributed by atoms with Crippen LogP contribution in [0.4, 0.5) is 0 Å². The van der Waals surface area contributed by atoms with Crippen molar-refractivity contribution in [3.05, 3.63) is 28.9 Å². The maximum Gasteiger partial charge on any atom is 0.286 e. The van der Waals surface area contributed by atoms with E-state index in [1.807, 2.05) is 36.0 Å². The molecule has 2 aliphatic heterocycles. The molecule has 0 radical (unpaired) electrons. The molecule has 0 bridgehead atoms. The molecule has 1 aromatic rings. The third-order valence-corrected chi connectivity index (χ3v) is 4.29. The van der Waals surface area contributed by atoms with E-state index in [-0.39, 0.29) is 5.91 Å². The van der Waals surface area contributed by atoms with Crippen LogP contribution < -0.4 is 0 Å². The van der Waals surface area contributed by atoms with Crippen LogP contribution in [-0.2, 0) is 11.8 Å². The summed E-state index contributed by atoms with van der Waals surface area (Å²) in [5.41, 5.74) is 1.03. The van der Waals surface area contributed by atoms with Gasteiger partial charge in [0.1, 0.15) is 0 Å². The van der Waals surface area contributed by atoms with Gasteiger partial charge in [-0.3, -0.25) is 4.79 Å². The molecule has 3 heterocycles. The summed E-state index contributed by atoms with van der Waals surface area (Å²) >= 11 is 1.50. The second-order valence-corrected chi connectivity index (χ2v) is 5.56. The van der Waals surface area contributed by atoms with Crippen molar-refractivity contribution in [3.8, 4) is 0 Å². The summed E-state index contributed by atoms with van der Waals surface area (Å²) in [6.45, 7) is 2.05. The smallest absolute Gasteiger partial charge is 0.286 e. The molecule has 5 heteroatoms. The van der Waals surface area contributed by atoms with Crippen molar-refractivity contribution in [1.82, 2.24) is 9.47 Å². The van der Waals surface area contributed by atoms with Crippen molar-refractivity contribution in [2.24, 2.45) is 12.0 Å². The predicted octanol–water partition coefficient (Wildman–Crippen LogP) is 2.09. The number of thioether (sulfide) groups is 1. The van der Waals surface area contributed by atoms with Gasteiger partial charge in [-0.25, -0.2) is 0 Å². The van der Waals surface area contributed by atoms with Crippen LogP contribution in [0.25, 0.3) is 6.08 Å². The largest absolute Gasteiger partial charge is 0.351 e. The van der Waals surface area contributed by atoms with Crippen LogP contribution in [-0.4, -0.2) is 33.6 Å². The Morgan fingerprint density at radius 2 is 2.17 bits per heavy atom. The second kappa shape index (κ2) is 4.65. The van der Waals surface area contributed by atoms with E-state index in [0.29, 0.717) is 0 Å². The van der Waals surface area contributed by atoms with Crippen LogP contribution in [0.5, 0.6) is 0 Å². The van der Waals surface area contributed by atoms with E-state index >= 15 is 0 Å². The van der Waals surface area contributed by atoms with Crippen LogP contribution in [0, 0.1) is 0 Å². The monoisotopic (exact) mass is 261 g/mol. The molecule has 0 aromatic carbocycles. The van der Waals surface area contributed by atoms with Crippen LogP contribution >= 0.6 is 11.8 Å². The highest BCUT2D eigenvalue weighted by atomic mass is 32.2. The number of hydrogen-bond donors (Lipinski definition) is 0. The van der Waals surface area contributed by atoms with Gasteiger partial charge < -0.3 is 9.47 Å². The van der Waals surface area contributed by atoms with E-state index in [9.17, 15) is 4.79 Å². The third-order valence-electron chi connectivity index (χ3n) is 3.25. The molecule has 0 spiro atoms. The Bertz CT molecular complexity index is 538. The fraction of sp³-hybridized carbons (Fsp3) is 0.385. The molecular weight excluding hydrogens is 246 g/mol. The van der Waals surface area contributed by atoms with E-state index in [1.54, 1.807) is 0 Å². The van der Waals surface area contributed by atoms with Gasteiger partial charge in [0, 0.05) is 32.0 Å². The zero-order chi connectivity index (χ0) is 12.5. The number of hydrogen-bond acceptors (Lipinski definition) is 3. The molecule has 1 amide bonds. The SMILES string of the molecule is Cn1cccc1C=C1SC(N2CCCC2)=NC1=O. The molecule has 0 saturated carbocycles. The Kier molecular flexibility index (Phi) is 2.99. The van der Waals surface area contributed by atoms with Gasteiger partial charge in [0.15, 0.2) is 5.17 Å². The molecular formula is C13H15N3OS. The summed E-state index contributed by atoms with van der Waals surface area (Å²) in [4.78, 5) is 18.9. The molecule has 1 fully saturated rings. The van der Waals surface area contributed by atoms with E-state index < -0.39 is 0 Å².